The molecule has 0 atom stereocenters. The van der Waals surface area contributed by atoms with E-state index in [1.807, 2.05) is 13.8 Å². The summed E-state index contributed by atoms with van der Waals surface area (Å²) >= 11 is 0. The van der Waals surface area contributed by atoms with Crippen LogP contribution in [0.1, 0.15) is 31.0 Å². The standard InChI is InChI=1S/C14H17F2N3/c1-9(2)13-4-5-19(18-13)14-11(15)6-10(8-17-3)7-12(14)16/h4-7,9,17H,8H2,1-3H3. The van der Waals surface area contributed by atoms with Crippen LogP contribution in [-0.2, 0) is 6.54 Å². The van der Waals surface area contributed by atoms with E-state index < -0.39 is 11.6 Å². The van der Waals surface area contributed by atoms with Crippen LogP contribution in [0.3, 0.4) is 0 Å². The van der Waals surface area contributed by atoms with Crippen molar-refractivity contribution in [3.05, 3.63) is 47.3 Å². The molecule has 0 saturated heterocycles. The molecule has 0 unspecified atom stereocenters. The van der Waals surface area contributed by atoms with Crippen LogP contribution in [0.5, 0.6) is 0 Å². The highest BCUT2D eigenvalue weighted by molar-refractivity contribution is 5.38. The Morgan fingerprint density at radius 3 is 2.37 bits per heavy atom. The van der Waals surface area contributed by atoms with E-state index in [1.54, 1.807) is 19.3 Å². The summed E-state index contributed by atoms with van der Waals surface area (Å²) in [5, 5.41) is 7.06. The number of benzene rings is 1. The van der Waals surface area contributed by atoms with Crippen molar-refractivity contribution in [3.8, 4) is 5.69 Å². The Morgan fingerprint density at radius 1 is 1.26 bits per heavy atom. The minimum Gasteiger partial charge on any atom is -0.316 e. The zero-order valence-corrected chi connectivity index (χ0v) is 11.2. The summed E-state index contributed by atoms with van der Waals surface area (Å²) in [6, 6.07) is 4.42. The second kappa shape index (κ2) is 5.48. The molecule has 0 spiro atoms. The van der Waals surface area contributed by atoms with Gasteiger partial charge in [0, 0.05) is 12.7 Å². The van der Waals surface area contributed by atoms with Gasteiger partial charge < -0.3 is 5.32 Å². The fourth-order valence-electron chi connectivity index (χ4n) is 1.91. The van der Waals surface area contributed by atoms with Crippen LogP contribution in [-0.4, -0.2) is 16.8 Å². The molecule has 2 aromatic rings. The topological polar surface area (TPSA) is 29.9 Å². The van der Waals surface area contributed by atoms with Crippen LogP contribution in [0, 0.1) is 11.6 Å². The monoisotopic (exact) mass is 265 g/mol. The Bertz CT molecular complexity index is 553. The lowest BCUT2D eigenvalue weighted by atomic mass is 10.1. The largest absolute Gasteiger partial charge is 0.316 e. The summed E-state index contributed by atoms with van der Waals surface area (Å²) in [7, 11) is 1.73. The molecule has 3 nitrogen and oxygen atoms in total. The highest BCUT2D eigenvalue weighted by atomic mass is 19.1. The quantitative estimate of drug-likeness (QED) is 0.921. The minimum atomic E-state index is -0.608. The Labute approximate surface area is 111 Å². The molecule has 0 bridgehead atoms. The van der Waals surface area contributed by atoms with Crippen molar-refractivity contribution in [3.63, 3.8) is 0 Å². The van der Waals surface area contributed by atoms with Gasteiger partial charge in [0.05, 0.1) is 5.69 Å². The molecule has 0 aliphatic heterocycles. The van der Waals surface area contributed by atoms with E-state index in [-0.39, 0.29) is 11.6 Å². The van der Waals surface area contributed by atoms with Gasteiger partial charge in [-0.1, -0.05) is 13.8 Å². The molecular weight excluding hydrogens is 248 g/mol. The first-order valence-corrected chi connectivity index (χ1v) is 6.21. The highest BCUT2D eigenvalue weighted by Gasteiger charge is 2.15. The van der Waals surface area contributed by atoms with Gasteiger partial charge in [0.2, 0.25) is 0 Å². The molecule has 19 heavy (non-hydrogen) atoms. The zero-order valence-electron chi connectivity index (χ0n) is 11.2. The lowest BCUT2D eigenvalue weighted by Gasteiger charge is -2.08. The number of rotatable bonds is 4. The maximum Gasteiger partial charge on any atom is 0.152 e. The lowest BCUT2D eigenvalue weighted by Crippen LogP contribution is -2.09. The number of nitrogens with zero attached hydrogens (tertiary/aromatic N) is 2. The van der Waals surface area contributed by atoms with Crippen molar-refractivity contribution in [2.45, 2.75) is 26.3 Å². The number of halogens is 2. The van der Waals surface area contributed by atoms with Gasteiger partial charge in [-0.25, -0.2) is 13.5 Å². The van der Waals surface area contributed by atoms with E-state index in [0.29, 0.717) is 12.1 Å². The summed E-state index contributed by atoms with van der Waals surface area (Å²) in [6.45, 7) is 4.38. The number of nitrogens with one attached hydrogen (secondary N) is 1. The Balaban J connectivity index is 2.43. The molecule has 0 saturated carbocycles. The van der Waals surface area contributed by atoms with Gasteiger partial charge in [-0.3, -0.25) is 0 Å². The molecule has 1 aromatic heterocycles. The smallest absolute Gasteiger partial charge is 0.152 e. The predicted octanol–water partition coefficient (Wildman–Crippen LogP) is 2.99. The molecule has 0 radical (unpaired) electrons. The predicted molar refractivity (Wildman–Crippen MR) is 70.3 cm³/mol. The van der Waals surface area contributed by atoms with Crippen molar-refractivity contribution in [2.24, 2.45) is 0 Å². The van der Waals surface area contributed by atoms with Gasteiger partial charge >= 0.3 is 0 Å². The van der Waals surface area contributed by atoms with Crippen LogP contribution in [0.25, 0.3) is 5.69 Å². The second-order valence-corrected chi connectivity index (χ2v) is 4.78. The lowest BCUT2D eigenvalue weighted by molar-refractivity contribution is 0.553. The molecule has 1 N–H and O–H groups in total. The van der Waals surface area contributed by atoms with E-state index >= 15 is 0 Å². The first-order chi connectivity index (χ1) is 9.02. The number of hydrogen-bond acceptors (Lipinski definition) is 2. The second-order valence-electron chi connectivity index (χ2n) is 4.78. The Hall–Kier alpha value is -1.75. The van der Waals surface area contributed by atoms with Crippen molar-refractivity contribution in [1.82, 2.24) is 15.1 Å². The molecular formula is C14H17F2N3. The molecule has 0 fully saturated rings. The first-order valence-electron chi connectivity index (χ1n) is 6.21. The van der Waals surface area contributed by atoms with Crippen LogP contribution >= 0.6 is 0 Å². The van der Waals surface area contributed by atoms with Crippen LogP contribution in [0.4, 0.5) is 8.78 Å². The summed E-state index contributed by atoms with van der Waals surface area (Å²) in [5.74, 6) is -0.997. The third kappa shape index (κ3) is 2.81. The summed E-state index contributed by atoms with van der Waals surface area (Å²) in [6.07, 6.45) is 1.58. The average Bonchev–Trinajstić information content (AvgIpc) is 2.78. The van der Waals surface area contributed by atoms with Gasteiger partial charge in [0.15, 0.2) is 11.6 Å². The first kappa shape index (κ1) is 13.7. The van der Waals surface area contributed by atoms with E-state index in [2.05, 4.69) is 10.4 Å². The molecule has 0 aliphatic carbocycles. The van der Waals surface area contributed by atoms with Crippen molar-refractivity contribution >= 4 is 0 Å². The third-order valence-corrected chi connectivity index (χ3v) is 2.89. The number of aromatic nitrogens is 2. The fraction of sp³-hybridized carbons (Fsp3) is 0.357. The van der Waals surface area contributed by atoms with E-state index in [1.165, 1.54) is 16.8 Å². The van der Waals surface area contributed by atoms with Crippen molar-refractivity contribution < 1.29 is 8.78 Å². The average molecular weight is 265 g/mol. The van der Waals surface area contributed by atoms with Gasteiger partial charge in [0.25, 0.3) is 0 Å². The maximum absolute atomic E-state index is 14.0. The maximum atomic E-state index is 14.0. The molecule has 0 amide bonds. The van der Waals surface area contributed by atoms with Crippen molar-refractivity contribution in [1.29, 1.82) is 0 Å². The molecule has 2 rings (SSSR count). The summed E-state index contributed by atoms with van der Waals surface area (Å²) in [5.41, 5.74) is 1.24. The van der Waals surface area contributed by atoms with E-state index in [0.717, 1.165) is 5.69 Å². The highest BCUT2D eigenvalue weighted by Crippen LogP contribution is 2.21. The van der Waals surface area contributed by atoms with Gasteiger partial charge in [-0.15, -0.1) is 0 Å². The summed E-state index contributed by atoms with van der Waals surface area (Å²) < 4.78 is 29.3. The SMILES string of the molecule is CNCc1cc(F)c(-n2ccc(C(C)C)n2)c(F)c1. The normalized spacial score (nSPS) is 11.3. The molecule has 1 aromatic carbocycles. The molecule has 0 aliphatic rings. The molecule has 102 valence electrons. The number of hydrogen-bond donors (Lipinski definition) is 1. The zero-order chi connectivity index (χ0) is 14.0. The van der Waals surface area contributed by atoms with Crippen LogP contribution < -0.4 is 5.32 Å². The van der Waals surface area contributed by atoms with Crippen molar-refractivity contribution in [2.75, 3.05) is 7.05 Å². The van der Waals surface area contributed by atoms with E-state index in [4.69, 9.17) is 0 Å². The molecule has 5 heteroatoms. The Morgan fingerprint density at radius 2 is 1.89 bits per heavy atom. The van der Waals surface area contributed by atoms with Gasteiger partial charge in [0.1, 0.15) is 5.69 Å². The summed E-state index contributed by atoms with van der Waals surface area (Å²) in [4.78, 5) is 0. The van der Waals surface area contributed by atoms with Gasteiger partial charge in [-0.2, -0.15) is 5.10 Å². The van der Waals surface area contributed by atoms with E-state index in [9.17, 15) is 8.78 Å². The minimum absolute atomic E-state index is 0.133. The third-order valence-electron chi connectivity index (χ3n) is 2.89. The van der Waals surface area contributed by atoms with Crippen LogP contribution in [0.15, 0.2) is 24.4 Å². The van der Waals surface area contributed by atoms with Crippen LogP contribution in [0.2, 0.25) is 0 Å². The van der Waals surface area contributed by atoms with Gasteiger partial charge in [-0.05, 0) is 36.7 Å². The Kier molecular flexibility index (Phi) is 3.95. The fourth-order valence-corrected chi connectivity index (χ4v) is 1.91. The molecule has 1 heterocycles.